The van der Waals surface area contributed by atoms with Gasteiger partial charge in [-0.15, -0.1) is 0 Å². The quantitative estimate of drug-likeness (QED) is 0.621. The van der Waals surface area contributed by atoms with E-state index in [4.69, 9.17) is 10.5 Å². The number of nitro groups is 1. The molecule has 0 spiro atoms. The Morgan fingerprint density at radius 2 is 2.11 bits per heavy atom. The van der Waals surface area contributed by atoms with Gasteiger partial charge in [-0.05, 0) is 12.0 Å². The minimum Gasteiger partial charge on any atom is -0.494 e. The molecular formula is C12H17N3O4. The Hall–Kier alpha value is -2.15. The van der Waals surface area contributed by atoms with Crippen LogP contribution in [0.15, 0.2) is 18.2 Å². The summed E-state index contributed by atoms with van der Waals surface area (Å²) in [5.41, 5.74) is 5.96. The van der Waals surface area contributed by atoms with E-state index in [2.05, 4.69) is 5.32 Å². The Morgan fingerprint density at radius 3 is 2.58 bits per heavy atom. The maximum absolute atomic E-state index is 11.8. The van der Waals surface area contributed by atoms with Crippen molar-refractivity contribution in [3.8, 4) is 5.75 Å². The van der Waals surface area contributed by atoms with Crippen molar-refractivity contribution in [1.82, 2.24) is 0 Å². The molecule has 0 saturated carbocycles. The molecule has 0 radical (unpaired) electrons. The van der Waals surface area contributed by atoms with Crippen LogP contribution >= 0.6 is 0 Å². The van der Waals surface area contributed by atoms with Gasteiger partial charge in [0.25, 0.3) is 5.69 Å². The van der Waals surface area contributed by atoms with Crippen LogP contribution in [0.1, 0.15) is 13.8 Å². The van der Waals surface area contributed by atoms with Gasteiger partial charge in [-0.1, -0.05) is 13.8 Å². The van der Waals surface area contributed by atoms with Gasteiger partial charge >= 0.3 is 0 Å². The number of rotatable bonds is 5. The summed E-state index contributed by atoms with van der Waals surface area (Å²) in [6.45, 7) is 3.66. The molecule has 0 saturated heterocycles. The third-order valence-corrected chi connectivity index (χ3v) is 2.67. The maximum Gasteiger partial charge on any atom is 0.273 e. The summed E-state index contributed by atoms with van der Waals surface area (Å²) in [7, 11) is 1.37. The number of nitrogens with two attached hydrogens (primary N) is 1. The van der Waals surface area contributed by atoms with E-state index in [0.717, 1.165) is 0 Å². The van der Waals surface area contributed by atoms with Crippen molar-refractivity contribution in [2.24, 2.45) is 11.7 Å². The molecule has 1 unspecified atom stereocenters. The molecule has 0 aromatic heterocycles. The summed E-state index contributed by atoms with van der Waals surface area (Å²) in [5, 5.41) is 13.2. The molecule has 1 aromatic carbocycles. The Morgan fingerprint density at radius 1 is 1.47 bits per heavy atom. The molecule has 0 fully saturated rings. The van der Waals surface area contributed by atoms with Crippen molar-refractivity contribution < 1.29 is 14.5 Å². The van der Waals surface area contributed by atoms with Crippen LogP contribution in [0.4, 0.5) is 11.4 Å². The topological polar surface area (TPSA) is 107 Å². The number of ether oxygens (including phenoxy) is 1. The first kappa shape index (κ1) is 14.9. The number of nitro benzene ring substituents is 1. The van der Waals surface area contributed by atoms with Crippen molar-refractivity contribution in [2.75, 3.05) is 12.4 Å². The maximum atomic E-state index is 11.8. The van der Waals surface area contributed by atoms with E-state index in [1.807, 2.05) is 13.8 Å². The Bertz CT molecular complexity index is 488. The van der Waals surface area contributed by atoms with Crippen molar-refractivity contribution in [1.29, 1.82) is 0 Å². The predicted molar refractivity (Wildman–Crippen MR) is 71.1 cm³/mol. The number of benzene rings is 1. The van der Waals surface area contributed by atoms with E-state index in [-0.39, 0.29) is 23.3 Å². The molecule has 1 amide bonds. The van der Waals surface area contributed by atoms with Gasteiger partial charge in [0, 0.05) is 6.07 Å². The first-order valence-corrected chi connectivity index (χ1v) is 5.75. The second-order valence-electron chi connectivity index (χ2n) is 4.40. The van der Waals surface area contributed by atoms with Gasteiger partial charge in [0.2, 0.25) is 5.91 Å². The predicted octanol–water partition coefficient (Wildman–Crippen LogP) is 1.53. The molecule has 1 atom stereocenters. The van der Waals surface area contributed by atoms with Gasteiger partial charge in [0.05, 0.1) is 29.8 Å². The average Bonchev–Trinajstić information content (AvgIpc) is 2.37. The summed E-state index contributed by atoms with van der Waals surface area (Å²) in [5.74, 6) is -0.148. The molecule has 19 heavy (non-hydrogen) atoms. The lowest BCUT2D eigenvalue weighted by molar-refractivity contribution is -0.384. The van der Waals surface area contributed by atoms with Crippen LogP contribution < -0.4 is 15.8 Å². The lowest BCUT2D eigenvalue weighted by atomic mass is 10.0. The largest absolute Gasteiger partial charge is 0.494 e. The molecular weight excluding hydrogens is 250 g/mol. The number of carbonyl (C=O) groups is 1. The zero-order chi connectivity index (χ0) is 14.6. The van der Waals surface area contributed by atoms with Gasteiger partial charge < -0.3 is 15.8 Å². The summed E-state index contributed by atoms with van der Waals surface area (Å²) < 4.78 is 5.02. The van der Waals surface area contributed by atoms with Crippen molar-refractivity contribution in [3.05, 3.63) is 28.3 Å². The zero-order valence-corrected chi connectivity index (χ0v) is 11.0. The van der Waals surface area contributed by atoms with Gasteiger partial charge in [-0.25, -0.2) is 0 Å². The van der Waals surface area contributed by atoms with Crippen LogP contribution in [0.5, 0.6) is 5.75 Å². The van der Waals surface area contributed by atoms with Gasteiger partial charge in [-0.3, -0.25) is 14.9 Å². The molecule has 1 rings (SSSR count). The van der Waals surface area contributed by atoms with E-state index in [1.54, 1.807) is 0 Å². The van der Waals surface area contributed by atoms with Crippen molar-refractivity contribution >= 4 is 17.3 Å². The lowest BCUT2D eigenvalue weighted by Gasteiger charge is -2.16. The fourth-order valence-corrected chi connectivity index (χ4v) is 1.42. The summed E-state index contributed by atoms with van der Waals surface area (Å²) in [4.78, 5) is 21.9. The monoisotopic (exact) mass is 267 g/mol. The van der Waals surface area contributed by atoms with E-state index in [0.29, 0.717) is 5.69 Å². The number of non-ortho nitro benzene ring substituents is 1. The molecule has 104 valence electrons. The smallest absolute Gasteiger partial charge is 0.273 e. The van der Waals surface area contributed by atoms with Crippen molar-refractivity contribution in [3.63, 3.8) is 0 Å². The number of anilines is 1. The minimum absolute atomic E-state index is 0.0101. The van der Waals surface area contributed by atoms with Crippen LogP contribution in [0.25, 0.3) is 0 Å². The van der Waals surface area contributed by atoms with Gasteiger partial charge in [0.15, 0.2) is 0 Å². The molecule has 3 N–H and O–H groups in total. The van der Waals surface area contributed by atoms with Crippen LogP contribution in [0.2, 0.25) is 0 Å². The SMILES string of the molecule is COc1cc([N+](=O)[O-])ccc1NC(=O)C(N)C(C)C. The Balaban J connectivity index is 2.95. The lowest BCUT2D eigenvalue weighted by Crippen LogP contribution is -2.39. The highest BCUT2D eigenvalue weighted by Crippen LogP contribution is 2.29. The van der Waals surface area contributed by atoms with E-state index >= 15 is 0 Å². The van der Waals surface area contributed by atoms with Gasteiger partial charge in [0.1, 0.15) is 5.75 Å². The summed E-state index contributed by atoms with van der Waals surface area (Å²) in [6.07, 6.45) is 0. The normalized spacial score (nSPS) is 12.1. The zero-order valence-electron chi connectivity index (χ0n) is 11.0. The molecule has 1 aromatic rings. The highest BCUT2D eigenvalue weighted by molar-refractivity contribution is 5.96. The number of nitrogens with one attached hydrogen (secondary N) is 1. The average molecular weight is 267 g/mol. The van der Waals surface area contributed by atoms with Crippen LogP contribution in [-0.4, -0.2) is 24.0 Å². The number of amides is 1. The second-order valence-corrected chi connectivity index (χ2v) is 4.40. The molecule has 0 bridgehead atoms. The van der Waals surface area contributed by atoms with Gasteiger partial charge in [-0.2, -0.15) is 0 Å². The first-order valence-electron chi connectivity index (χ1n) is 5.75. The van der Waals surface area contributed by atoms with E-state index < -0.39 is 11.0 Å². The third-order valence-electron chi connectivity index (χ3n) is 2.67. The second kappa shape index (κ2) is 6.14. The number of carbonyl (C=O) groups excluding carboxylic acids is 1. The molecule has 7 nitrogen and oxygen atoms in total. The molecule has 0 heterocycles. The number of hydrogen-bond acceptors (Lipinski definition) is 5. The third kappa shape index (κ3) is 3.65. The summed E-state index contributed by atoms with van der Waals surface area (Å²) >= 11 is 0. The Kier molecular flexibility index (Phi) is 4.82. The fraction of sp³-hybridized carbons (Fsp3) is 0.417. The number of nitrogens with zero attached hydrogens (tertiary/aromatic N) is 1. The molecule has 7 heteroatoms. The van der Waals surface area contributed by atoms with Crippen LogP contribution in [-0.2, 0) is 4.79 Å². The number of methoxy groups -OCH3 is 1. The number of hydrogen-bond donors (Lipinski definition) is 2. The van der Waals surface area contributed by atoms with E-state index in [9.17, 15) is 14.9 Å². The molecule has 0 aliphatic rings. The van der Waals surface area contributed by atoms with Crippen molar-refractivity contribution in [2.45, 2.75) is 19.9 Å². The molecule has 0 aliphatic heterocycles. The Labute approximate surface area is 110 Å². The first-order chi connectivity index (χ1) is 8.86. The molecule has 0 aliphatic carbocycles. The minimum atomic E-state index is -0.653. The highest BCUT2D eigenvalue weighted by atomic mass is 16.6. The standard InChI is InChI=1S/C12H17N3O4/c1-7(2)11(13)12(16)14-9-5-4-8(15(17)18)6-10(9)19-3/h4-7,11H,13H2,1-3H3,(H,14,16). The fourth-order valence-electron chi connectivity index (χ4n) is 1.42. The van der Waals surface area contributed by atoms with E-state index in [1.165, 1.54) is 25.3 Å². The highest BCUT2D eigenvalue weighted by Gasteiger charge is 2.19. The van der Waals surface area contributed by atoms with Crippen LogP contribution in [0, 0.1) is 16.0 Å². The van der Waals surface area contributed by atoms with Crippen LogP contribution in [0.3, 0.4) is 0 Å². The summed E-state index contributed by atoms with van der Waals surface area (Å²) in [6, 6.07) is 3.30.